The maximum absolute atomic E-state index is 12.3. The second-order valence-electron chi connectivity index (χ2n) is 7.62. The van der Waals surface area contributed by atoms with Crippen LogP contribution < -0.4 is 10.6 Å². The molecule has 1 fully saturated rings. The second-order valence-corrected chi connectivity index (χ2v) is 7.62. The van der Waals surface area contributed by atoms with Crippen molar-refractivity contribution in [3.63, 3.8) is 0 Å². The van der Waals surface area contributed by atoms with Crippen LogP contribution in [0.25, 0.3) is 0 Å². The molecule has 7 nitrogen and oxygen atoms in total. The zero-order chi connectivity index (χ0) is 22.2. The third-order valence-corrected chi connectivity index (χ3v) is 4.96. The van der Waals surface area contributed by atoms with E-state index in [-0.39, 0.29) is 30.1 Å². The number of hydrogen-bond acceptors (Lipinski definition) is 5. The van der Waals surface area contributed by atoms with Crippen molar-refractivity contribution >= 4 is 29.3 Å². The molecule has 0 saturated heterocycles. The molecule has 2 amide bonds. The summed E-state index contributed by atoms with van der Waals surface area (Å²) in [6.45, 7) is 1.75. The molecule has 2 aromatic rings. The van der Waals surface area contributed by atoms with E-state index < -0.39 is 5.97 Å². The van der Waals surface area contributed by atoms with Crippen molar-refractivity contribution in [1.29, 1.82) is 0 Å². The number of anilines is 1. The fraction of sp³-hybridized carbons (Fsp3) is 0.333. The number of amides is 2. The Balaban J connectivity index is 1.43. The average Bonchev–Trinajstić information content (AvgIpc) is 3.61. The zero-order valence-corrected chi connectivity index (χ0v) is 17.5. The van der Waals surface area contributed by atoms with Gasteiger partial charge in [0.2, 0.25) is 11.8 Å². The van der Waals surface area contributed by atoms with Gasteiger partial charge in [0.1, 0.15) is 0 Å². The van der Waals surface area contributed by atoms with Gasteiger partial charge in [-0.2, -0.15) is 0 Å². The maximum atomic E-state index is 12.3. The summed E-state index contributed by atoms with van der Waals surface area (Å²) >= 11 is 0. The summed E-state index contributed by atoms with van der Waals surface area (Å²) in [5.41, 5.74) is 2.47. The molecule has 0 unspecified atom stereocenters. The van der Waals surface area contributed by atoms with E-state index in [9.17, 15) is 19.2 Å². The second kappa shape index (κ2) is 10.5. The van der Waals surface area contributed by atoms with Crippen LogP contribution >= 0.6 is 0 Å². The molecule has 0 spiro atoms. The number of aryl methyl sites for hydroxylation is 1. The van der Waals surface area contributed by atoms with Crippen molar-refractivity contribution in [3.8, 4) is 0 Å². The van der Waals surface area contributed by atoms with Gasteiger partial charge in [0.15, 0.2) is 12.4 Å². The first-order valence-electron chi connectivity index (χ1n) is 10.4. The topological polar surface area (TPSA) is 102 Å². The van der Waals surface area contributed by atoms with Crippen molar-refractivity contribution in [1.82, 2.24) is 5.32 Å². The molecule has 2 N–H and O–H groups in total. The Labute approximate surface area is 181 Å². The van der Waals surface area contributed by atoms with Crippen molar-refractivity contribution in [3.05, 3.63) is 65.2 Å². The number of nitrogens with one attached hydrogen (secondary N) is 2. The monoisotopic (exact) mass is 422 g/mol. The summed E-state index contributed by atoms with van der Waals surface area (Å²) in [7, 11) is 0. The van der Waals surface area contributed by atoms with Crippen LogP contribution in [0.3, 0.4) is 0 Å². The predicted molar refractivity (Wildman–Crippen MR) is 116 cm³/mol. The number of esters is 1. The molecule has 162 valence electrons. The highest BCUT2D eigenvalue weighted by atomic mass is 16.5. The molecular weight excluding hydrogens is 396 g/mol. The number of rotatable bonds is 10. The normalized spacial score (nSPS) is 12.7. The molecule has 3 rings (SSSR count). The molecule has 7 heteroatoms. The van der Waals surface area contributed by atoms with Gasteiger partial charge in [-0.25, -0.2) is 4.79 Å². The van der Waals surface area contributed by atoms with Gasteiger partial charge in [0.05, 0.1) is 5.56 Å². The van der Waals surface area contributed by atoms with Crippen LogP contribution in [0.15, 0.2) is 48.5 Å². The van der Waals surface area contributed by atoms with E-state index in [1.165, 1.54) is 6.92 Å². The Hall–Kier alpha value is -3.48. The van der Waals surface area contributed by atoms with Gasteiger partial charge in [-0.15, -0.1) is 0 Å². The minimum atomic E-state index is -0.594. The predicted octanol–water partition coefficient (Wildman–Crippen LogP) is 3.14. The molecule has 0 radical (unpaired) electrons. The quantitative estimate of drug-likeness (QED) is 0.348. The van der Waals surface area contributed by atoms with Crippen LogP contribution in [-0.2, 0) is 20.7 Å². The Morgan fingerprint density at radius 1 is 0.935 bits per heavy atom. The highest BCUT2D eigenvalue weighted by molar-refractivity contribution is 5.99. The summed E-state index contributed by atoms with van der Waals surface area (Å²) in [6.07, 6.45) is 3.45. The van der Waals surface area contributed by atoms with E-state index in [2.05, 4.69) is 10.6 Å². The van der Waals surface area contributed by atoms with Gasteiger partial charge < -0.3 is 15.4 Å². The molecule has 1 aliphatic rings. The van der Waals surface area contributed by atoms with Crippen molar-refractivity contribution in [2.24, 2.45) is 5.92 Å². The Morgan fingerprint density at radius 3 is 2.19 bits per heavy atom. The first-order chi connectivity index (χ1) is 14.9. The van der Waals surface area contributed by atoms with E-state index in [0.717, 1.165) is 31.2 Å². The summed E-state index contributed by atoms with van der Waals surface area (Å²) in [6, 6.07) is 13.5. The third kappa shape index (κ3) is 7.06. The Kier molecular flexibility index (Phi) is 7.54. The van der Waals surface area contributed by atoms with Crippen molar-refractivity contribution in [2.45, 2.75) is 32.6 Å². The van der Waals surface area contributed by atoms with Gasteiger partial charge in [-0.05, 0) is 55.5 Å². The van der Waals surface area contributed by atoms with Crippen LogP contribution in [0.2, 0.25) is 0 Å². The van der Waals surface area contributed by atoms with Gasteiger partial charge in [-0.3, -0.25) is 14.4 Å². The number of hydrogen-bond donors (Lipinski definition) is 2. The molecule has 1 aliphatic carbocycles. The van der Waals surface area contributed by atoms with E-state index >= 15 is 0 Å². The SMILES string of the molecule is CC(=O)NCCCc1ccc(C(=O)COC(=O)c2ccc(NC(=O)C3CC3)cc2)cc1. The lowest BCUT2D eigenvalue weighted by atomic mass is 10.1. The largest absolute Gasteiger partial charge is 0.454 e. The number of carbonyl (C=O) groups is 4. The minimum absolute atomic E-state index is 0.000306. The Morgan fingerprint density at radius 2 is 1.58 bits per heavy atom. The van der Waals surface area contributed by atoms with Crippen molar-refractivity contribution in [2.75, 3.05) is 18.5 Å². The van der Waals surface area contributed by atoms with Crippen LogP contribution in [0, 0.1) is 5.92 Å². The smallest absolute Gasteiger partial charge is 0.338 e. The molecule has 0 aromatic heterocycles. The van der Waals surface area contributed by atoms with Gasteiger partial charge >= 0.3 is 5.97 Å². The summed E-state index contributed by atoms with van der Waals surface area (Å²) in [5, 5.41) is 5.55. The lowest BCUT2D eigenvalue weighted by Gasteiger charge is -2.07. The lowest BCUT2D eigenvalue weighted by molar-refractivity contribution is -0.119. The van der Waals surface area contributed by atoms with E-state index in [4.69, 9.17) is 4.74 Å². The van der Waals surface area contributed by atoms with Crippen molar-refractivity contribution < 1.29 is 23.9 Å². The van der Waals surface area contributed by atoms with Crippen LogP contribution in [0.5, 0.6) is 0 Å². The van der Waals surface area contributed by atoms with Gasteiger partial charge in [0.25, 0.3) is 0 Å². The average molecular weight is 422 g/mol. The van der Waals surface area contributed by atoms with Gasteiger partial charge in [0, 0.05) is 30.6 Å². The van der Waals surface area contributed by atoms with Crippen LogP contribution in [0.1, 0.15) is 52.5 Å². The highest BCUT2D eigenvalue weighted by Crippen LogP contribution is 2.30. The minimum Gasteiger partial charge on any atom is -0.454 e. The number of ketones is 1. The number of carbonyl (C=O) groups excluding carboxylic acids is 4. The molecular formula is C24H26N2O5. The van der Waals surface area contributed by atoms with Gasteiger partial charge in [-0.1, -0.05) is 24.3 Å². The van der Waals surface area contributed by atoms with Crippen LogP contribution in [0.4, 0.5) is 5.69 Å². The first-order valence-corrected chi connectivity index (χ1v) is 10.4. The molecule has 0 heterocycles. The molecule has 0 bridgehead atoms. The summed E-state index contributed by atoms with van der Waals surface area (Å²) in [5.74, 6) is -0.825. The lowest BCUT2D eigenvalue weighted by Crippen LogP contribution is -2.21. The first kappa shape index (κ1) is 22.2. The molecule has 2 aromatic carbocycles. The molecule has 0 aliphatic heterocycles. The van der Waals surface area contributed by atoms with E-state index in [1.807, 2.05) is 12.1 Å². The number of ether oxygens (including phenoxy) is 1. The maximum Gasteiger partial charge on any atom is 0.338 e. The number of benzene rings is 2. The molecule has 0 atom stereocenters. The number of Topliss-reactive ketones (excluding diaryl/α,β-unsaturated/α-hetero) is 1. The fourth-order valence-corrected chi connectivity index (χ4v) is 2.99. The standard InChI is InChI=1S/C24H26N2O5/c1-16(27)25-14-2-3-17-4-6-18(7-5-17)22(28)15-31-24(30)20-10-12-21(13-11-20)26-23(29)19-8-9-19/h4-7,10-13,19H,2-3,8-9,14-15H2,1H3,(H,25,27)(H,26,29). The van der Waals surface area contributed by atoms with Crippen LogP contribution in [-0.4, -0.2) is 36.7 Å². The summed E-state index contributed by atoms with van der Waals surface area (Å²) < 4.78 is 5.13. The Bertz CT molecular complexity index is 947. The third-order valence-electron chi connectivity index (χ3n) is 4.96. The molecule has 1 saturated carbocycles. The molecule has 31 heavy (non-hydrogen) atoms. The zero-order valence-electron chi connectivity index (χ0n) is 17.5. The highest BCUT2D eigenvalue weighted by Gasteiger charge is 2.29. The summed E-state index contributed by atoms with van der Waals surface area (Å²) in [4.78, 5) is 47.1. The van der Waals surface area contributed by atoms with E-state index in [0.29, 0.717) is 23.4 Å². The van der Waals surface area contributed by atoms with E-state index in [1.54, 1.807) is 36.4 Å². The fourth-order valence-electron chi connectivity index (χ4n) is 2.99.